The van der Waals surface area contributed by atoms with E-state index in [1.165, 1.54) is 31.1 Å². The van der Waals surface area contributed by atoms with Crippen LogP contribution in [0.3, 0.4) is 0 Å². The molecule has 0 spiro atoms. The highest BCUT2D eigenvalue weighted by atomic mass is 31.2. The SMILES string of the molecule is CCC[P+](CC)(CC)CCOCC.CCOCCOCCC(=O)[O-]. The summed E-state index contributed by atoms with van der Waals surface area (Å²) in [7, 11) is -0.613. The zero-order chi connectivity index (χ0) is 18.7. The van der Waals surface area contributed by atoms with Crippen LogP contribution in [0.4, 0.5) is 0 Å². The molecular formula is C18H39O5P. The molecule has 0 saturated heterocycles. The van der Waals surface area contributed by atoms with Gasteiger partial charge in [-0.05, 0) is 34.1 Å². The second kappa shape index (κ2) is 19.1. The summed E-state index contributed by atoms with van der Waals surface area (Å²) in [5, 5.41) is 9.87. The molecule has 24 heavy (non-hydrogen) atoms. The monoisotopic (exact) mass is 366 g/mol. The van der Waals surface area contributed by atoms with Crippen molar-refractivity contribution in [2.45, 2.75) is 47.5 Å². The number of carboxylic acids is 1. The van der Waals surface area contributed by atoms with Gasteiger partial charge in [0.25, 0.3) is 0 Å². The van der Waals surface area contributed by atoms with Crippen molar-refractivity contribution in [1.82, 2.24) is 0 Å². The Bertz CT molecular complexity index is 270. The largest absolute Gasteiger partial charge is 0.550 e. The van der Waals surface area contributed by atoms with Crippen LogP contribution in [0.2, 0.25) is 0 Å². The number of hydrogen-bond donors (Lipinski definition) is 0. The van der Waals surface area contributed by atoms with Gasteiger partial charge in [0.15, 0.2) is 0 Å². The van der Waals surface area contributed by atoms with Crippen LogP contribution in [0.25, 0.3) is 0 Å². The molecule has 0 aliphatic heterocycles. The Morgan fingerprint density at radius 1 is 0.792 bits per heavy atom. The van der Waals surface area contributed by atoms with Gasteiger partial charge in [-0.15, -0.1) is 0 Å². The summed E-state index contributed by atoms with van der Waals surface area (Å²) in [6.07, 6.45) is 6.93. The van der Waals surface area contributed by atoms with E-state index in [0.717, 1.165) is 13.2 Å². The fourth-order valence-electron chi connectivity index (χ4n) is 2.36. The summed E-state index contributed by atoms with van der Waals surface area (Å²) >= 11 is 0. The maximum absolute atomic E-state index is 9.87. The first-order chi connectivity index (χ1) is 11.5. The Morgan fingerprint density at radius 2 is 1.33 bits per heavy atom. The quantitative estimate of drug-likeness (QED) is 0.329. The van der Waals surface area contributed by atoms with Crippen molar-refractivity contribution in [3.8, 4) is 0 Å². The molecule has 146 valence electrons. The topological polar surface area (TPSA) is 67.8 Å². The van der Waals surface area contributed by atoms with Crippen LogP contribution in [0.15, 0.2) is 0 Å². The molecule has 0 aromatic carbocycles. The molecule has 0 atom stereocenters. The van der Waals surface area contributed by atoms with E-state index < -0.39 is 13.2 Å². The maximum Gasteiger partial charge on any atom is 0.0827 e. The Balaban J connectivity index is 0. The van der Waals surface area contributed by atoms with E-state index >= 15 is 0 Å². The van der Waals surface area contributed by atoms with Gasteiger partial charge in [-0.25, -0.2) is 0 Å². The highest BCUT2D eigenvalue weighted by Gasteiger charge is 2.31. The summed E-state index contributed by atoms with van der Waals surface area (Å²) in [6, 6.07) is 0. The fraction of sp³-hybridized carbons (Fsp3) is 0.944. The number of carbonyl (C=O) groups excluding carboxylic acids is 1. The van der Waals surface area contributed by atoms with Crippen LogP contribution < -0.4 is 5.11 Å². The maximum atomic E-state index is 9.87. The van der Waals surface area contributed by atoms with Crippen molar-refractivity contribution in [3.05, 3.63) is 0 Å². The highest BCUT2D eigenvalue weighted by molar-refractivity contribution is 7.75. The lowest BCUT2D eigenvalue weighted by Crippen LogP contribution is -2.23. The minimum Gasteiger partial charge on any atom is -0.550 e. The second-order valence-electron chi connectivity index (χ2n) is 5.55. The molecule has 0 aliphatic rings. The third-order valence-corrected chi connectivity index (χ3v) is 9.19. The van der Waals surface area contributed by atoms with Crippen LogP contribution in [0.5, 0.6) is 0 Å². The van der Waals surface area contributed by atoms with Crippen LogP contribution >= 0.6 is 7.26 Å². The van der Waals surface area contributed by atoms with Crippen LogP contribution in [-0.2, 0) is 19.0 Å². The van der Waals surface area contributed by atoms with Crippen molar-refractivity contribution in [1.29, 1.82) is 0 Å². The van der Waals surface area contributed by atoms with E-state index in [9.17, 15) is 9.90 Å². The summed E-state index contributed by atoms with van der Waals surface area (Å²) in [6.45, 7) is 14.7. The smallest absolute Gasteiger partial charge is 0.0827 e. The molecule has 5 nitrogen and oxygen atoms in total. The van der Waals surface area contributed by atoms with E-state index in [4.69, 9.17) is 14.2 Å². The zero-order valence-corrected chi connectivity index (χ0v) is 17.4. The molecule has 0 bridgehead atoms. The standard InChI is InChI=1S/C11H26OP.C7H14O4/c1-5-10-13(7-3,8-4)11-9-12-6-2;1-2-10-5-6-11-4-3-7(8)9/h5-11H2,1-4H3;2-6H2,1H3,(H,8,9)/q+1;/p-1. The van der Waals surface area contributed by atoms with Crippen LogP contribution in [-0.4, -0.2) is 70.3 Å². The van der Waals surface area contributed by atoms with Gasteiger partial charge in [0, 0.05) is 32.9 Å². The van der Waals surface area contributed by atoms with Gasteiger partial charge >= 0.3 is 0 Å². The molecule has 0 fully saturated rings. The minimum absolute atomic E-state index is 0.0495. The van der Waals surface area contributed by atoms with E-state index in [-0.39, 0.29) is 13.0 Å². The summed E-state index contributed by atoms with van der Waals surface area (Å²) in [5.74, 6) is -1.08. The normalized spacial score (nSPS) is 11.0. The lowest BCUT2D eigenvalue weighted by Gasteiger charge is -2.24. The molecule has 0 aromatic rings. The van der Waals surface area contributed by atoms with Crippen LogP contribution in [0.1, 0.15) is 47.5 Å². The Hall–Kier alpha value is -0.220. The highest BCUT2D eigenvalue weighted by Crippen LogP contribution is 2.58. The van der Waals surface area contributed by atoms with E-state index in [0.29, 0.717) is 19.8 Å². The number of carboxylic acid groups (broad SMARTS) is 1. The van der Waals surface area contributed by atoms with Crippen molar-refractivity contribution in [2.24, 2.45) is 0 Å². The number of rotatable bonds is 15. The van der Waals surface area contributed by atoms with Gasteiger partial charge < -0.3 is 24.1 Å². The first-order valence-electron chi connectivity index (χ1n) is 9.29. The van der Waals surface area contributed by atoms with Crippen molar-refractivity contribution >= 4 is 13.2 Å². The van der Waals surface area contributed by atoms with Gasteiger partial charge in [-0.2, -0.15) is 0 Å². The number of hydrogen-bond acceptors (Lipinski definition) is 5. The minimum atomic E-state index is -1.08. The van der Waals surface area contributed by atoms with Gasteiger partial charge in [-0.3, -0.25) is 0 Å². The average Bonchev–Trinajstić information content (AvgIpc) is 2.58. The van der Waals surface area contributed by atoms with Gasteiger partial charge in [0.05, 0.1) is 51.1 Å². The molecule has 0 aliphatic carbocycles. The van der Waals surface area contributed by atoms with Gasteiger partial charge in [0.1, 0.15) is 0 Å². The zero-order valence-electron chi connectivity index (χ0n) is 16.5. The lowest BCUT2D eigenvalue weighted by molar-refractivity contribution is -0.306. The summed E-state index contributed by atoms with van der Waals surface area (Å²) < 4.78 is 15.3. The Kier molecular flexibility index (Phi) is 20.7. The summed E-state index contributed by atoms with van der Waals surface area (Å²) in [5.41, 5.74) is 0. The Labute approximate surface area is 149 Å². The molecule has 6 heteroatoms. The molecule has 0 amide bonds. The van der Waals surface area contributed by atoms with Gasteiger partial charge in [0.2, 0.25) is 0 Å². The van der Waals surface area contributed by atoms with E-state index in [1.807, 2.05) is 6.92 Å². The molecule has 0 N–H and O–H groups in total. The molecule has 0 heterocycles. The molecule has 0 saturated carbocycles. The number of carbonyl (C=O) groups is 1. The average molecular weight is 366 g/mol. The molecule has 0 aromatic heterocycles. The first-order valence-corrected chi connectivity index (χ1v) is 11.8. The van der Waals surface area contributed by atoms with Gasteiger partial charge in [-0.1, -0.05) is 6.92 Å². The van der Waals surface area contributed by atoms with Crippen molar-refractivity contribution in [2.75, 3.05) is 64.3 Å². The second-order valence-corrected chi connectivity index (χ2v) is 10.4. The number of aliphatic carboxylic acids is 1. The third-order valence-electron chi connectivity index (χ3n) is 3.98. The number of ether oxygens (including phenoxy) is 3. The Morgan fingerprint density at radius 3 is 1.79 bits per heavy atom. The van der Waals surface area contributed by atoms with E-state index in [1.54, 1.807) is 0 Å². The van der Waals surface area contributed by atoms with E-state index in [2.05, 4.69) is 27.7 Å². The first kappa shape index (κ1) is 26.0. The summed E-state index contributed by atoms with van der Waals surface area (Å²) in [4.78, 5) is 9.87. The third kappa shape index (κ3) is 16.6. The molecule has 0 radical (unpaired) electrons. The molecule has 0 unspecified atom stereocenters. The molecule has 0 rings (SSSR count). The fourth-order valence-corrected chi connectivity index (χ4v) is 5.77. The van der Waals surface area contributed by atoms with Crippen LogP contribution in [0, 0.1) is 0 Å². The molecular weight excluding hydrogens is 327 g/mol. The van der Waals surface area contributed by atoms with Crippen molar-refractivity contribution < 1.29 is 24.1 Å². The lowest BCUT2D eigenvalue weighted by atomic mass is 10.5. The predicted octanol–water partition coefficient (Wildman–Crippen LogP) is 2.67. The predicted molar refractivity (Wildman–Crippen MR) is 101 cm³/mol. The van der Waals surface area contributed by atoms with Crippen molar-refractivity contribution in [3.63, 3.8) is 0 Å².